The number of likely N-dealkylation sites (tertiary alicyclic amines) is 1. The number of nitrogens with zero attached hydrogens (tertiary/aromatic N) is 1. The number of hydrogen-bond acceptors (Lipinski definition) is 5. The highest BCUT2D eigenvalue weighted by Crippen LogP contribution is 2.08. The van der Waals surface area contributed by atoms with Gasteiger partial charge in [0.2, 0.25) is 0 Å². The van der Waals surface area contributed by atoms with Crippen molar-refractivity contribution in [2.45, 2.75) is 37.8 Å². The highest BCUT2D eigenvalue weighted by Gasteiger charge is 2.17. The number of rotatable bonds is 6. The van der Waals surface area contributed by atoms with Crippen molar-refractivity contribution in [3.05, 3.63) is 0 Å². The molecule has 2 atom stereocenters. The lowest BCUT2D eigenvalue weighted by Crippen LogP contribution is -2.46. The predicted octanol–water partition coefficient (Wildman–Crippen LogP) is -0.0157. The van der Waals surface area contributed by atoms with Crippen molar-refractivity contribution in [3.8, 4) is 0 Å². The zero-order valence-electron chi connectivity index (χ0n) is 10.8. The van der Waals surface area contributed by atoms with Crippen LogP contribution in [0.1, 0.15) is 25.7 Å². The molecule has 0 aliphatic carbocycles. The zero-order chi connectivity index (χ0) is 12.7. The minimum absolute atomic E-state index is 0.263. The molecule has 0 bridgehead atoms. The molecule has 17 heavy (non-hydrogen) atoms. The van der Waals surface area contributed by atoms with E-state index >= 15 is 0 Å². The van der Waals surface area contributed by atoms with Gasteiger partial charge in [0.25, 0.3) is 0 Å². The van der Waals surface area contributed by atoms with Crippen LogP contribution in [0.15, 0.2) is 0 Å². The number of esters is 1. The Morgan fingerprint density at radius 2 is 2.41 bits per heavy atom. The summed E-state index contributed by atoms with van der Waals surface area (Å²) in [5, 5.41) is 13.1. The number of piperidine rings is 1. The predicted molar refractivity (Wildman–Crippen MR) is 65.8 cm³/mol. The van der Waals surface area contributed by atoms with Crippen molar-refractivity contribution < 1.29 is 14.6 Å². The van der Waals surface area contributed by atoms with Gasteiger partial charge in [-0.15, -0.1) is 0 Å². The minimum Gasteiger partial charge on any atom is -0.469 e. The van der Waals surface area contributed by atoms with E-state index in [2.05, 4.69) is 22.0 Å². The van der Waals surface area contributed by atoms with Crippen LogP contribution in [0.25, 0.3) is 0 Å². The molecule has 0 spiro atoms. The molecule has 0 aromatic heterocycles. The third kappa shape index (κ3) is 6.00. The number of aliphatic hydroxyl groups excluding tert-OH is 1. The summed E-state index contributed by atoms with van der Waals surface area (Å²) in [5.74, 6) is -0.263. The molecule has 0 aromatic rings. The van der Waals surface area contributed by atoms with E-state index in [1.807, 2.05) is 0 Å². The van der Waals surface area contributed by atoms with Gasteiger partial charge in [0.05, 0.1) is 13.2 Å². The van der Waals surface area contributed by atoms with Crippen LogP contribution in [0.3, 0.4) is 0 Å². The van der Waals surface area contributed by atoms with Crippen molar-refractivity contribution in [3.63, 3.8) is 0 Å². The second kappa shape index (κ2) is 7.63. The van der Waals surface area contributed by atoms with Gasteiger partial charge in [0.1, 0.15) is 0 Å². The van der Waals surface area contributed by atoms with E-state index in [0.29, 0.717) is 19.0 Å². The molecule has 5 nitrogen and oxygen atoms in total. The largest absolute Gasteiger partial charge is 0.469 e. The molecule has 0 saturated carbocycles. The Labute approximate surface area is 103 Å². The molecule has 1 aliphatic rings. The Kier molecular flexibility index (Phi) is 6.47. The lowest BCUT2D eigenvalue weighted by molar-refractivity contribution is -0.141. The Hall–Kier alpha value is -0.650. The third-order valence-corrected chi connectivity index (χ3v) is 3.18. The quantitative estimate of drug-likeness (QED) is 0.643. The molecule has 1 aliphatic heterocycles. The first-order valence-electron chi connectivity index (χ1n) is 6.28. The standard InChI is InChI=1S/C12H24N2O3/c1-14-7-3-4-10(9-14)13-8-11(15)5-6-12(16)17-2/h10-11,13,15H,3-9H2,1-2H3. The summed E-state index contributed by atoms with van der Waals surface area (Å²) in [5.41, 5.74) is 0. The van der Waals surface area contributed by atoms with Crippen molar-refractivity contribution in [2.24, 2.45) is 0 Å². The van der Waals surface area contributed by atoms with E-state index in [9.17, 15) is 9.90 Å². The molecule has 1 fully saturated rings. The summed E-state index contributed by atoms with van der Waals surface area (Å²) in [6, 6.07) is 0.460. The topological polar surface area (TPSA) is 61.8 Å². The number of likely N-dealkylation sites (N-methyl/N-ethyl adjacent to an activating group) is 1. The number of ether oxygens (including phenoxy) is 1. The van der Waals surface area contributed by atoms with Crippen LogP contribution in [-0.4, -0.2) is 61.9 Å². The fourth-order valence-electron chi connectivity index (χ4n) is 2.12. The molecule has 1 rings (SSSR count). The summed E-state index contributed by atoms with van der Waals surface area (Å²) in [6.45, 7) is 2.74. The average molecular weight is 244 g/mol. The SMILES string of the molecule is COC(=O)CCC(O)CNC1CCCN(C)C1. The zero-order valence-corrected chi connectivity index (χ0v) is 10.8. The third-order valence-electron chi connectivity index (χ3n) is 3.18. The summed E-state index contributed by atoms with van der Waals surface area (Å²) >= 11 is 0. The highest BCUT2D eigenvalue weighted by molar-refractivity contribution is 5.69. The van der Waals surface area contributed by atoms with Gasteiger partial charge in [-0.05, 0) is 32.9 Å². The summed E-state index contributed by atoms with van der Waals surface area (Å²) in [6.07, 6.45) is 2.63. The number of methoxy groups -OCH3 is 1. The first-order valence-corrected chi connectivity index (χ1v) is 6.28. The monoisotopic (exact) mass is 244 g/mol. The second-order valence-electron chi connectivity index (χ2n) is 4.78. The Morgan fingerprint density at radius 3 is 3.06 bits per heavy atom. The van der Waals surface area contributed by atoms with Gasteiger partial charge < -0.3 is 20.1 Å². The molecule has 2 N–H and O–H groups in total. The van der Waals surface area contributed by atoms with Crippen LogP contribution in [0.4, 0.5) is 0 Å². The van der Waals surface area contributed by atoms with Crippen LogP contribution < -0.4 is 5.32 Å². The number of aliphatic hydroxyl groups is 1. The van der Waals surface area contributed by atoms with Crippen molar-refractivity contribution in [2.75, 3.05) is 33.8 Å². The molecule has 1 heterocycles. The fraction of sp³-hybridized carbons (Fsp3) is 0.917. The normalized spacial score (nSPS) is 23.4. The van der Waals surface area contributed by atoms with E-state index in [4.69, 9.17) is 0 Å². The lowest BCUT2D eigenvalue weighted by atomic mass is 10.1. The summed E-state index contributed by atoms with van der Waals surface area (Å²) in [4.78, 5) is 13.2. The molecule has 0 amide bonds. The van der Waals surface area contributed by atoms with Crippen LogP contribution in [-0.2, 0) is 9.53 Å². The van der Waals surface area contributed by atoms with E-state index in [1.54, 1.807) is 0 Å². The van der Waals surface area contributed by atoms with Crippen LogP contribution in [0, 0.1) is 0 Å². The Bertz CT molecular complexity index is 236. The highest BCUT2D eigenvalue weighted by atomic mass is 16.5. The number of hydrogen-bond donors (Lipinski definition) is 2. The first-order chi connectivity index (χ1) is 8.11. The second-order valence-corrected chi connectivity index (χ2v) is 4.78. The molecule has 2 unspecified atom stereocenters. The maximum Gasteiger partial charge on any atom is 0.305 e. The van der Waals surface area contributed by atoms with Crippen molar-refractivity contribution in [1.82, 2.24) is 10.2 Å². The van der Waals surface area contributed by atoms with Gasteiger partial charge in [0.15, 0.2) is 0 Å². The number of carbonyl (C=O) groups excluding carboxylic acids is 1. The van der Waals surface area contributed by atoms with Crippen molar-refractivity contribution >= 4 is 5.97 Å². The van der Waals surface area contributed by atoms with Gasteiger partial charge in [-0.25, -0.2) is 0 Å². The molecule has 5 heteroatoms. The Balaban J connectivity index is 2.10. The molecule has 1 saturated heterocycles. The smallest absolute Gasteiger partial charge is 0.305 e. The van der Waals surface area contributed by atoms with Crippen LogP contribution in [0.2, 0.25) is 0 Å². The van der Waals surface area contributed by atoms with Gasteiger partial charge in [0, 0.05) is 25.6 Å². The molecule has 0 aromatic carbocycles. The number of carbonyl (C=O) groups is 1. The minimum atomic E-state index is -0.471. The lowest BCUT2D eigenvalue weighted by Gasteiger charge is -2.30. The first kappa shape index (κ1) is 14.4. The molecule has 100 valence electrons. The maximum atomic E-state index is 10.9. The molecule has 0 radical (unpaired) electrons. The van der Waals surface area contributed by atoms with Gasteiger partial charge >= 0.3 is 5.97 Å². The summed E-state index contributed by atoms with van der Waals surface area (Å²) < 4.78 is 4.53. The fourth-order valence-corrected chi connectivity index (χ4v) is 2.12. The van der Waals surface area contributed by atoms with E-state index in [0.717, 1.165) is 19.5 Å². The van der Waals surface area contributed by atoms with Gasteiger partial charge in [-0.1, -0.05) is 0 Å². The average Bonchev–Trinajstić information content (AvgIpc) is 2.33. The van der Waals surface area contributed by atoms with Gasteiger partial charge in [-0.3, -0.25) is 4.79 Å². The van der Waals surface area contributed by atoms with E-state index < -0.39 is 6.10 Å². The maximum absolute atomic E-state index is 10.9. The van der Waals surface area contributed by atoms with Crippen LogP contribution >= 0.6 is 0 Å². The van der Waals surface area contributed by atoms with Crippen molar-refractivity contribution in [1.29, 1.82) is 0 Å². The van der Waals surface area contributed by atoms with E-state index in [-0.39, 0.29) is 12.4 Å². The van der Waals surface area contributed by atoms with E-state index in [1.165, 1.54) is 13.5 Å². The Morgan fingerprint density at radius 1 is 1.65 bits per heavy atom. The van der Waals surface area contributed by atoms with Gasteiger partial charge in [-0.2, -0.15) is 0 Å². The molecular weight excluding hydrogens is 220 g/mol. The van der Waals surface area contributed by atoms with Crippen LogP contribution in [0.5, 0.6) is 0 Å². The molecular formula is C12H24N2O3. The number of nitrogens with one attached hydrogen (secondary N) is 1. The summed E-state index contributed by atoms with van der Waals surface area (Å²) in [7, 11) is 3.48.